The third-order valence-corrected chi connectivity index (χ3v) is 7.44. The van der Waals surface area contributed by atoms with Crippen LogP contribution in [0.4, 0.5) is 18.0 Å². The predicted molar refractivity (Wildman–Crippen MR) is 158 cm³/mol. The fraction of sp³-hybridized carbons (Fsp3) is 0.333. The van der Waals surface area contributed by atoms with Gasteiger partial charge in [0.2, 0.25) is 0 Å². The predicted octanol–water partition coefficient (Wildman–Crippen LogP) is 7.16. The Hall–Kier alpha value is -4.47. The molecule has 10 heteroatoms. The van der Waals surface area contributed by atoms with Crippen LogP contribution in [0, 0.1) is 0 Å². The highest BCUT2D eigenvalue weighted by Gasteiger charge is 2.32. The summed E-state index contributed by atoms with van der Waals surface area (Å²) in [6.45, 7) is 6.73. The number of benzene rings is 3. The van der Waals surface area contributed by atoms with Crippen LogP contribution in [0.15, 0.2) is 72.9 Å². The number of Topliss-reactive ketones (excluding diaryl/α,β-unsaturated/α-hetero) is 1. The molecule has 0 fully saturated rings. The Morgan fingerprint density at radius 3 is 2.40 bits per heavy atom. The molecule has 1 aliphatic heterocycles. The van der Waals surface area contributed by atoms with Gasteiger partial charge in [0.1, 0.15) is 0 Å². The molecule has 0 saturated heterocycles. The number of hydrogen-bond donors (Lipinski definition) is 1. The highest BCUT2D eigenvalue weighted by atomic mass is 19.4. The molecule has 0 spiro atoms. The number of amides is 2. The SMILES string of the molecule is CC(C)(C)NC(=O)N1CCc2c(-c3cccc(C(F)(F)F)c3)ccc(C(=O)CCCn3nncc3-c3ccccc3)c2C1. The van der Waals surface area contributed by atoms with Crippen molar-refractivity contribution < 1.29 is 22.8 Å². The number of rotatable bonds is 7. The van der Waals surface area contributed by atoms with Crippen molar-refractivity contribution in [1.29, 1.82) is 0 Å². The molecule has 2 amide bonds. The number of fused-ring (bicyclic) bond motifs is 1. The molecule has 1 aromatic heterocycles. The van der Waals surface area contributed by atoms with Gasteiger partial charge in [-0.15, -0.1) is 5.10 Å². The number of aromatic nitrogens is 3. The van der Waals surface area contributed by atoms with E-state index in [1.54, 1.807) is 34.0 Å². The maximum atomic E-state index is 13.6. The molecule has 2 heterocycles. The molecule has 1 aliphatic rings. The summed E-state index contributed by atoms with van der Waals surface area (Å²) < 4.78 is 42.3. The summed E-state index contributed by atoms with van der Waals surface area (Å²) in [4.78, 5) is 28.3. The second-order valence-corrected chi connectivity index (χ2v) is 11.8. The van der Waals surface area contributed by atoms with E-state index in [0.29, 0.717) is 48.2 Å². The molecular formula is C33H34F3N5O2. The van der Waals surface area contributed by atoms with Gasteiger partial charge in [0.05, 0.1) is 17.5 Å². The number of carbonyl (C=O) groups excluding carboxylic acids is 2. The van der Waals surface area contributed by atoms with Crippen molar-refractivity contribution in [3.63, 3.8) is 0 Å². The van der Waals surface area contributed by atoms with Crippen LogP contribution < -0.4 is 5.32 Å². The van der Waals surface area contributed by atoms with Crippen LogP contribution in [-0.2, 0) is 25.7 Å². The average molecular weight is 590 g/mol. The van der Waals surface area contributed by atoms with Crippen molar-refractivity contribution in [2.75, 3.05) is 6.54 Å². The largest absolute Gasteiger partial charge is 0.416 e. The molecule has 5 rings (SSSR count). The molecule has 0 aliphatic carbocycles. The van der Waals surface area contributed by atoms with Crippen molar-refractivity contribution in [1.82, 2.24) is 25.2 Å². The Morgan fingerprint density at radius 2 is 1.67 bits per heavy atom. The van der Waals surface area contributed by atoms with E-state index < -0.39 is 17.3 Å². The quantitative estimate of drug-likeness (QED) is 0.232. The van der Waals surface area contributed by atoms with Gasteiger partial charge in [-0.2, -0.15) is 13.2 Å². The van der Waals surface area contributed by atoms with E-state index in [2.05, 4.69) is 15.6 Å². The van der Waals surface area contributed by atoms with Gasteiger partial charge in [0, 0.05) is 42.7 Å². The second kappa shape index (κ2) is 12.0. The number of aryl methyl sites for hydroxylation is 1. The zero-order valence-electron chi connectivity index (χ0n) is 24.4. The Morgan fingerprint density at radius 1 is 0.930 bits per heavy atom. The van der Waals surface area contributed by atoms with E-state index >= 15 is 0 Å². The smallest absolute Gasteiger partial charge is 0.333 e. The summed E-state index contributed by atoms with van der Waals surface area (Å²) in [6.07, 6.45) is -1.62. The number of carbonyl (C=O) groups is 2. The first kappa shape index (κ1) is 30.0. The van der Waals surface area contributed by atoms with Crippen LogP contribution in [0.25, 0.3) is 22.4 Å². The van der Waals surface area contributed by atoms with E-state index in [-0.39, 0.29) is 24.8 Å². The lowest BCUT2D eigenvalue weighted by Gasteiger charge is -2.34. The van der Waals surface area contributed by atoms with Crippen LogP contribution in [0.5, 0.6) is 0 Å². The van der Waals surface area contributed by atoms with Crippen molar-refractivity contribution in [2.45, 2.75) is 64.8 Å². The monoisotopic (exact) mass is 589 g/mol. The molecular weight excluding hydrogens is 555 g/mol. The molecule has 224 valence electrons. The van der Waals surface area contributed by atoms with E-state index in [1.165, 1.54) is 6.07 Å². The molecule has 3 aromatic carbocycles. The number of nitrogens with one attached hydrogen (secondary N) is 1. The highest BCUT2D eigenvalue weighted by Crippen LogP contribution is 2.37. The minimum Gasteiger partial charge on any atom is -0.333 e. The molecule has 43 heavy (non-hydrogen) atoms. The molecule has 0 saturated carbocycles. The average Bonchev–Trinajstić information content (AvgIpc) is 3.44. The first-order valence-electron chi connectivity index (χ1n) is 14.3. The normalized spacial score (nSPS) is 13.5. The lowest BCUT2D eigenvalue weighted by atomic mass is 9.85. The van der Waals surface area contributed by atoms with Gasteiger partial charge in [-0.05, 0) is 68.0 Å². The van der Waals surface area contributed by atoms with Gasteiger partial charge >= 0.3 is 12.2 Å². The zero-order chi connectivity index (χ0) is 30.8. The van der Waals surface area contributed by atoms with Gasteiger partial charge < -0.3 is 10.2 Å². The first-order chi connectivity index (χ1) is 20.4. The van der Waals surface area contributed by atoms with Crippen molar-refractivity contribution in [2.24, 2.45) is 0 Å². The van der Waals surface area contributed by atoms with Gasteiger partial charge in [-0.1, -0.05) is 59.8 Å². The van der Waals surface area contributed by atoms with Crippen LogP contribution in [-0.4, -0.2) is 43.8 Å². The summed E-state index contributed by atoms with van der Waals surface area (Å²) in [5, 5.41) is 11.2. The lowest BCUT2D eigenvalue weighted by Crippen LogP contribution is -2.50. The van der Waals surface area contributed by atoms with Crippen LogP contribution >= 0.6 is 0 Å². The summed E-state index contributed by atoms with van der Waals surface area (Å²) in [7, 11) is 0. The lowest BCUT2D eigenvalue weighted by molar-refractivity contribution is -0.137. The summed E-state index contributed by atoms with van der Waals surface area (Å²) in [5.41, 5.74) is 3.69. The molecule has 0 atom stereocenters. The third kappa shape index (κ3) is 6.96. The molecule has 0 unspecified atom stereocenters. The molecule has 7 nitrogen and oxygen atoms in total. The minimum absolute atomic E-state index is 0.0914. The van der Waals surface area contributed by atoms with Crippen LogP contribution in [0.1, 0.15) is 60.7 Å². The number of hydrogen-bond acceptors (Lipinski definition) is 4. The Bertz CT molecular complexity index is 1620. The van der Waals surface area contributed by atoms with E-state index in [0.717, 1.165) is 29.0 Å². The zero-order valence-corrected chi connectivity index (χ0v) is 24.4. The third-order valence-electron chi connectivity index (χ3n) is 7.44. The molecule has 4 aromatic rings. The van der Waals surface area contributed by atoms with Crippen molar-refractivity contribution in [3.8, 4) is 22.4 Å². The van der Waals surface area contributed by atoms with E-state index in [1.807, 2.05) is 51.1 Å². The van der Waals surface area contributed by atoms with Crippen LogP contribution in [0.3, 0.4) is 0 Å². The maximum Gasteiger partial charge on any atom is 0.416 e. The van der Waals surface area contributed by atoms with Gasteiger partial charge in [-0.3, -0.25) is 4.79 Å². The van der Waals surface area contributed by atoms with Gasteiger partial charge in [0.25, 0.3) is 0 Å². The number of urea groups is 1. The van der Waals surface area contributed by atoms with Crippen LogP contribution in [0.2, 0.25) is 0 Å². The number of alkyl halides is 3. The molecule has 0 bridgehead atoms. The van der Waals surface area contributed by atoms with Crippen molar-refractivity contribution >= 4 is 11.8 Å². The maximum absolute atomic E-state index is 13.6. The minimum atomic E-state index is -4.47. The summed E-state index contributed by atoms with van der Waals surface area (Å²) in [5.74, 6) is -0.0914. The highest BCUT2D eigenvalue weighted by molar-refractivity contribution is 5.99. The number of ketones is 1. The Kier molecular flexibility index (Phi) is 8.39. The summed E-state index contributed by atoms with van der Waals surface area (Å²) >= 11 is 0. The molecule has 0 radical (unpaired) electrons. The van der Waals surface area contributed by atoms with E-state index in [9.17, 15) is 22.8 Å². The molecule has 1 N–H and O–H groups in total. The fourth-order valence-electron chi connectivity index (χ4n) is 5.42. The number of nitrogens with zero attached hydrogens (tertiary/aromatic N) is 4. The number of halogens is 3. The Labute approximate surface area is 248 Å². The summed E-state index contributed by atoms with van der Waals surface area (Å²) in [6, 6.07) is 18.1. The topological polar surface area (TPSA) is 80.1 Å². The van der Waals surface area contributed by atoms with E-state index in [4.69, 9.17) is 0 Å². The fourth-order valence-corrected chi connectivity index (χ4v) is 5.42. The first-order valence-corrected chi connectivity index (χ1v) is 14.3. The van der Waals surface area contributed by atoms with Gasteiger partial charge in [0.15, 0.2) is 5.78 Å². The van der Waals surface area contributed by atoms with Crippen molar-refractivity contribution in [3.05, 3.63) is 95.2 Å². The van der Waals surface area contributed by atoms with Gasteiger partial charge in [-0.25, -0.2) is 9.48 Å². The standard InChI is InChI=1S/C33H34F3N5O2/c1-32(2,3)38-31(43)40-18-16-26-25(23-11-7-12-24(19-23)33(34,35)36)14-15-27(28(26)21-40)30(42)13-8-17-41-29(20-37-39-41)22-9-5-4-6-10-22/h4-7,9-12,14-15,19-20H,8,13,16-18,21H2,1-3H3,(H,38,43). The second-order valence-electron chi connectivity index (χ2n) is 11.8. The Balaban J connectivity index is 1.42.